The van der Waals surface area contributed by atoms with Gasteiger partial charge in [-0.15, -0.1) is 0 Å². The van der Waals surface area contributed by atoms with Crippen LogP contribution in [0.1, 0.15) is 12.8 Å². The number of hydrazone groups is 1. The van der Waals surface area contributed by atoms with Gasteiger partial charge in [0.25, 0.3) is 0 Å². The zero-order valence-electron chi connectivity index (χ0n) is 6.87. The lowest BCUT2D eigenvalue weighted by Gasteiger charge is -2.01. The van der Waals surface area contributed by atoms with Crippen LogP contribution < -0.4 is 5.43 Å². The fourth-order valence-electron chi connectivity index (χ4n) is 0.645. The molecule has 0 aliphatic heterocycles. The second kappa shape index (κ2) is 3.37. The summed E-state index contributed by atoms with van der Waals surface area (Å²) in [5.74, 6) is 0.275. The number of rotatable bonds is 3. The molecule has 1 aliphatic carbocycles. The maximum absolute atomic E-state index is 10.9. The lowest BCUT2D eigenvalue weighted by molar-refractivity contribution is -0.122. The van der Waals surface area contributed by atoms with Crippen molar-refractivity contribution in [3.63, 3.8) is 0 Å². The van der Waals surface area contributed by atoms with E-state index in [4.69, 9.17) is 0 Å². The quantitative estimate of drug-likeness (QED) is 0.354. The van der Waals surface area contributed by atoms with Crippen molar-refractivity contribution in [2.75, 3.05) is 14.1 Å². The van der Waals surface area contributed by atoms with Crippen LogP contribution in [0.5, 0.6) is 0 Å². The first-order valence-electron chi connectivity index (χ1n) is 3.69. The van der Waals surface area contributed by atoms with E-state index < -0.39 is 0 Å². The Hall–Kier alpha value is -1.06. The Labute approximate surface area is 66.3 Å². The third-order valence-corrected chi connectivity index (χ3v) is 1.41. The fourth-order valence-corrected chi connectivity index (χ4v) is 0.645. The van der Waals surface area contributed by atoms with E-state index >= 15 is 0 Å². The Morgan fingerprint density at radius 1 is 1.64 bits per heavy atom. The molecular formula is C7H13N3O. The normalized spacial score (nSPS) is 16.9. The summed E-state index contributed by atoms with van der Waals surface area (Å²) in [5.41, 5.74) is 2.46. The molecule has 0 bridgehead atoms. The average molecular weight is 155 g/mol. The van der Waals surface area contributed by atoms with Crippen molar-refractivity contribution >= 4 is 12.2 Å². The molecule has 0 atom stereocenters. The van der Waals surface area contributed by atoms with E-state index in [0.29, 0.717) is 0 Å². The molecule has 4 nitrogen and oxygen atoms in total. The molecular weight excluding hydrogens is 142 g/mol. The molecule has 0 radical (unpaired) electrons. The predicted octanol–water partition coefficient (Wildman–Crippen LogP) is 0.0175. The van der Waals surface area contributed by atoms with E-state index in [1.54, 1.807) is 11.2 Å². The van der Waals surface area contributed by atoms with E-state index in [1.165, 1.54) is 0 Å². The van der Waals surface area contributed by atoms with Gasteiger partial charge in [-0.25, -0.2) is 5.43 Å². The van der Waals surface area contributed by atoms with Crippen LogP contribution in [-0.4, -0.2) is 31.2 Å². The van der Waals surface area contributed by atoms with Crippen LogP contribution in [0.4, 0.5) is 0 Å². The summed E-state index contributed by atoms with van der Waals surface area (Å²) in [6, 6.07) is 0. The number of carbonyl (C=O) groups is 1. The SMILES string of the molecule is CN(C)C=NNC(=O)C1CC1. The third kappa shape index (κ3) is 3.02. The van der Waals surface area contributed by atoms with Gasteiger partial charge in [0.2, 0.25) is 5.91 Å². The van der Waals surface area contributed by atoms with Crippen LogP contribution in [0.2, 0.25) is 0 Å². The smallest absolute Gasteiger partial charge is 0.243 e. The molecule has 1 saturated carbocycles. The Bertz CT molecular complexity index is 173. The van der Waals surface area contributed by atoms with E-state index in [1.807, 2.05) is 14.1 Å². The summed E-state index contributed by atoms with van der Waals surface area (Å²) in [6.45, 7) is 0. The highest BCUT2D eigenvalue weighted by molar-refractivity contribution is 5.81. The van der Waals surface area contributed by atoms with Crippen molar-refractivity contribution in [2.45, 2.75) is 12.8 Å². The second-order valence-corrected chi connectivity index (χ2v) is 2.96. The number of nitrogens with one attached hydrogen (secondary N) is 1. The summed E-state index contributed by atoms with van der Waals surface area (Å²) in [4.78, 5) is 12.7. The Morgan fingerprint density at radius 2 is 2.27 bits per heavy atom. The summed E-state index contributed by atoms with van der Waals surface area (Å²) in [6.07, 6.45) is 3.60. The molecule has 0 aromatic heterocycles. The minimum absolute atomic E-state index is 0.0445. The van der Waals surface area contributed by atoms with E-state index in [9.17, 15) is 4.79 Å². The highest BCUT2D eigenvalue weighted by atomic mass is 16.2. The van der Waals surface area contributed by atoms with E-state index in [-0.39, 0.29) is 11.8 Å². The van der Waals surface area contributed by atoms with Crippen LogP contribution in [0, 0.1) is 5.92 Å². The lowest BCUT2D eigenvalue weighted by atomic mass is 10.4. The van der Waals surface area contributed by atoms with Gasteiger partial charge in [0.05, 0.1) is 0 Å². The molecule has 0 heterocycles. The van der Waals surface area contributed by atoms with Crippen LogP contribution in [-0.2, 0) is 4.79 Å². The predicted molar refractivity (Wildman–Crippen MR) is 43.0 cm³/mol. The van der Waals surface area contributed by atoms with Crippen LogP contribution in [0.3, 0.4) is 0 Å². The average Bonchev–Trinajstić information content (AvgIpc) is 2.66. The molecule has 1 rings (SSSR count). The zero-order valence-corrected chi connectivity index (χ0v) is 6.87. The van der Waals surface area contributed by atoms with Crippen molar-refractivity contribution in [1.29, 1.82) is 0 Å². The number of hydrogen-bond acceptors (Lipinski definition) is 2. The van der Waals surface area contributed by atoms with Gasteiger partial charge in [-0.3, -0.25) is 4.79 Å². The lowest BCUT2D eigenvalue weighted by Crippen LogP contribution is -2.21. The van der Waals surface area contributed by atoms with Crippen LogP contribution >= 0.6 is 0 Å². The highest BCUT2D eigenvalue weighted by Gasteiger charge is 2.29. The van der Waals surface area contributed by atoms with Gasteiger partial charge < -0.3 is 4.90 Å². The van der Waals surface area contributed by atoms with Gasteiger partial charge in [-0.05, 0) is 12.8 Å². The number of carbonyl (C=O) groups excluding carboxylic acids is 1. The zero-order chi connectivity index (χ0) is 8.27. The van der Waals surface area contributed by atoms with Crippen molar-refractivity contribution in [3.8, 4) is 0 Å². The first-order valence-corrected chi connectivity index (χ1v) is 3.69. The third-order valence-electron chi connectivity index (χ3n) is 1.41. The van der Waals surface area contributed by atoms with Gasteiger partial charge in [-0.2, -0.15) is 5.10 Å². The van der Waals surface area contributed by atoms with Gasteiger partial charge in [0.1, 0.15) is 6.34 Å². The molecule has 0 saturated heterocycles. The Morgan fingerprint density at radius 3 is 2.73 bits per heavy atom. The maximum Gasteiger partial charge on any atom is 0.243 e. The van der Waals surface area contributed by atoms with Crippen molar-refractivity contribution in [3.05, 3.63) is 0 Å². The molecule has 62 valence electrons. The first kappa shape index (κ1) is 8.04. The summed E-state index contributed by atoms with van der Waals surface area (Å²) < 4.78 is 0. The van der Waals surface area contributed by atoms with Gasteiger partial charge in [0, 0.05) is 20.0 Å². The topological polar surface area (TPSA) is 44.7 Å². The van der Waals surface area contributed by atoms with Gasteiger partial charge in [-0.1, -0.05) is 0 Å². The van der Waals surface area contributed by atoms with Crippen molar-refractivity contribution < 1.29 is 4.79 Å². The minimum atomic E-state index is 0.0445. The second-order valence-electron chi connectivity index (χ2n) is 2.96. The molecule has 4 heteroatoms. The van der Waals surface area contributed by atoms with E-state index in [0.717, 1.165) is 12.8 Å². The van der Waals surface area contributed by atoms with Crippen molar-refractivity contribution in [2.24, 2.45) is 11.0 Å². The summed E-state index contributed by atoms with van der Waals surface area (Å²) >= 11 is 0. The molecule has 1 aliphatic rings. The van der Waals surface area contributed by atoms with E-state index in [2.05, 4.69) is 10.5 Å². The van der Waals surface area contributed by atoms with Gasteiger partial charge in [0.15, 0.2) is 0 Å². The summed E-state index contributed by atoms with van der Waals surface area (Å²) in [5, 5.41) is 3.73. The number of nitrogens with zero attached hydrogens (tertiary/aromatic N) is 2. The number of hydrogen-bond donors (Lipinski definition) is 1. The first-order chi connectivity index (χ1) is 5.20. The van der Waals surface area contributed by atoms with Crippen molar-refractivity contribution in [1.82, 2.24) is 10.3 Å². The maximum atomic E-state index is 10.9. The summed E-state index contributed by atoms with van der Waals surface area (Å²) in [7, 11) is 3.71. The molecule has 0 unspecified atom stereocenters. The standard InChI is InChI=1S/C7H13N3O/c1-10(2)5-8-9-7(11)6-3-4-6/h5-6H,3-4H2,1-2H3,(H,9,11). The minimum Gasteiger partial charge on any atom is -0.367 e. The molecule has 1 N–H and O–H groups in total. The molecule has 1 fully saturated rings. The van der Waals surface area contributed by atoms with Gasteiger partial charge >= 0.3 is 0 Å². The molecule has 0 aromatic rings. The molecule has 0 spiro atoms. The highest BCUT2D eigenvalue weighted by Crippen LogP contribution is 2.28. The van der Waals surface area contributed by atoms with Crippen LogP contribution in [0.15, 0.2) is 5.10 Å². The van der Waals surface area contributed by atoms with Crippen LogP contribution in [0.25, 0.3) is 0 Å². The Kier molecular flexibility index (Phi) is 2.46. The number of amides is 1. The largest absolute Gasteiger partial charge is 0.367 e. The molecule has 11 heavy (non-hydrogen) atoms. The fraction of sp³-hybridized carbons (Fsp3) is 0.714. The molecule has 1 amide bonds. The monoisotopic (exact) mass is 155 g/mol. The molecule has 0 aromatic carbocycles. The Balaban J connectivity index is 2.15.